The van der Waals surface area contributed by atoms with Gasteiger partial charge in [-0.05, 0) is 19.1 Å². The van der Waals surface area contributed by atoms with E-state index < -0.39 is 10.0 Å². The van der Waals surface area contributed by atoms with Crippen molar-refractivity contribution in [2.45, 2.75) is 24.7 Å². The lowest BCUT2D eigenvalue weighted by atomic mass is 10.2. The van der Waals surface area contributed by atoms with E-state index in [1.165, 1.54) is 4.31 Å². The molecule has 2 amide bonds. The second-order valence-corrected chi connectivity index (χ2v) is 9.03. The summed E-state index contributed by atoms with van der Waals surface area (Å²) in [6, 6.07) is 6.77. The van der Waals surface area contributed by atoms with Gasteiger partial charge in [0.1, 0.15) is 0 Å². The summed E-state index contributed by atoms with van der Waals surface area (Å²) in [4.78, 5) is 28.2. The molecule has 2 saturated heterocycles. The third-order valence-electron chi connectivity index (χ3n) is 5.17. The Hall–Kier alpha value is -1.97. The van der Waals surface area contributed by atoms with Gasteiger partial charge < -0.3 is 14.5 Å². The minimum atomic E-state index is -3.55. The quantitative estimate of drug-likeness (QED) is 0.705. The molecule has 9 heteroatoms. The molecule has 2 heterocycles. The molecule has 0 aromatic heterocycles. The summed E-state index contributed by atoms with van der Waals surface area (Å²) in [6.07, 6.45) is 0.335. The SMILES string of the molecule is Cc1ccc(S(=O)(=O)N2CCN(C(=O)CCC(=O)N3CCOCC3)CC2)cc1. The summed E-state index contributed by atoms with van der Waals surface area (Å²) >= 11 is 0. The number of ether oxygens (including phenoxy) is 1. The highest BCUT2D eigenvalue weighted by molar-refractivity contribution is 7.89. The molecular weight excluding hydrogens is 382 g/mol. The van der Waals surface area contributed by atoms with Crippen LogP contribution in [-0.2, 0) is 24.3 Å². The zero-order chi connectivity index (χ0) is 20.1. The van der Waals surface area contributed by atoms with Crippen LogP contribution in [0.5, 0.6) is 0 Å². The lowest BCUT2D eigenvalue weighted by molar-refractivity contribution is -0.139. The second-order valence-electron chi connectivity index (χ2n) is 7.09. The van der Waals surface area contributed by atoms with E-state index in [4.69, 9.17) is 4.74 Å². The zero-order valence-corrected chi connectivity index (χ0v) is 17.0. The fourth-order valence-corrected chi connectivity index (χ4v) is 4.80. The average molecular weight is 410 g/mol. The van der Waals surface area contributed by atoms with Gasteiger partial charge in [0.2, 0.25) is 21.8 Å². The third-order valence-corrected chi connectivity index (χ3v) is 7.08. The fraction of sp³-hybridized carbons (Fsp3) is 0.579. The van der Waals surface area contributed by atoms with Crippen LogP contribution in [0.4, 0.5) is 0 Å². The number of carbonyl (C=O) groups is 2. The average Bonchev–Trinajstić information content (AvgIpc) is 2.73. The monoisotopic (exact) mass is 409 g/mol. The van der Waals surface area contributed by atoms with Crippen LogP contribution >= 0.6 is 0 Å². The number of aryl methyl sites for hydroxylation is 1. The van der Waals surface area contributed by atoms with E-state index in [1.54, 1.807) is 34.1 Å². The summed E-state index contributed by atoms with van der Waals surface area (Å²) in [6.45, 7) is 5.34. The van der Waals surface area contributed by atoms with Crippen LogP contribution in [0.3, 0.4) is 0 Å². The number of hydrogen-bond donors (Lipinski definition) is 0. The van der Waals surface area contributed by atoms with Crippen LogP contribution in [0, 0.1) is 6.92 Å². The highest BCUT2D eigenvalue weighted by Crippen LogP contribution is 2.18. The first-order valence-electron chi connectivity index (χ1n) is 9.58. The Kier molecular flexibility index (Phi) is 6.69. The van der Waals surface area contributed by atoms with Crippen LogP contribution in [0.15, 0.2) is 29.2 Å². The number of benzene rings is 1. The molecule has 8 nitrogen and oxygen atoms in total. The lowest BCUT2D eigenvalue weighted by Gasteiger charge is -2.34. The van der Waals surface area contributed by atoms with Crippen LogP contribution in [0.1, 0.15) is 18.4 Å². The number of morpholine rings is 1. The number of hydrogen-bond acceptors (Lipinski definition) is 5. The van der Waals surface area contributed by atoms with Crippen LogP contribution in [0.25, 0.3) is 0 Å². The Bertz CT molecular complexity index is 795. The van der Waals surface area contributed by atoms with E-state index in [2.05, 4.69) is 0 Å². The highest BCUT2D eigenvalue weighted by Gasteiger charge is 2.30. The van der Waals surface area contributed by atoms with Gasteiger partial charge in [0.25, 0.3) is 0 Å². The summed E-state index contributed by atoms with van der Waals surface area (Å²) in [5, 5.41) is 0. The molecule has 28 heavy (non-hydrogen) atoms. The first-order chi connectivity index (χ1) is 13.4. The van der Waals surface area contributed by atoms with Crippen molar-refractivity contribution in [1.82, 2.24) is 14.1 Å². The van der Waals surface area contributed by atoms with E-state index >= 15 is 0 Å². The molecule has 0 bridgehead atoms. The smallest absolute Gasteiger partial charge is 0.243 e. The normalized spacial score (nSPS) is 18.9. The molecule has 0 unspecified atom stereocenters. The van der Waals surface area contributed by atoms with Crippen molar-refractivity contribution in [3.63, 3.8) is 0 Å². The molecule has 2 aliphatic rings. The Morgan fingerprint density at radius 2 is 1.36 bits per heavy atom. The van der Waals surface area contributed by atoms with Crippen LogP contribution in [0.2, 0.25) is 0 Å². The van der Waals surface area contributed by atoms with Crippen molar-refractivity contribution in [3.05, 3.63) is 29.8 Å². The summed E-state index contributed by atoms with van der Waals surface area (Å²) in [5.74, 6) is -0.133. The van der Waals surface area contributed by atoms with Gasteiger partial charge in [0.05, 0.1) is 18.1 Å². The number of nitrogens with zero attached hydrogens (tertiary/aromatic N) is 3. The predicted molar refractivity (Wildman–Crippen MR) is 103 cm³/mol. The van der Waals surface area contributed by atoms with Gasteiger partial charge in [0.15, 0.2) is 0 Å². The molecule has 0 aliphatic carbocycles. The highest BCUT2D eigenvalue weighted by atomic mass is 32.2. The largest absolute Gasteiger partial charge is 0.378 e. The Labute approximate surface area is 166 Å². The van der Waals surface area contributed by atoms with Crippen molar-refractivity contribution in [2.24, 2.45) is 0 Å². The molecule has 3 rings (SSSR count). The predicted octanol–water partition coefficient (Wildman–Crippen LogP) is 0.467. The minimum Gasteiger partial charge on any atom is -0.378 e. The minimum absolute atomic E-state index is 0.0303. The lowest BCUT2D eigenvalue weighted by Crippen LogP contribution is -2.50. The molecule has 1 aromatic carbocycles. The molecule has 0 radical (unpaired) electrons. The topological polar surface area (TPSA) is 87.2 Å². The molecule has 0 atom stereocenters. The molecule has 154 valence electrons. The zero-order valence-electron chi connectivity index (χ0n) is 16.2. The van der Waals surface area contributed by atoms with E-state index in [0.29, 0.717) is 39.4 Å². The van der Waals surface area contributed by atoms with Gasteiger partial charge in [-0.25, -0.2) is 8.42 Å². The van der Waals surface area contributed by atoms with Crippen molar-refractivity contribution in [3.8, 4) is 0 Å². The molecule has 1 aromatic rings. The molecular formula is C19H27N3O5S. The van der Waals surface area contributed by atoms with Gasteiger partial charge >= 0.3 is 0 Å². The maximum absolute atomic E-state index is 12.7. The first kappa shape index (κ1) is 20.8. The van der Waals surface area contributed by atoms with E-state index in [9.17, 15) is 18.0 Å². The maximum atomic E-state index is 12.7. The van der Waals surface area contributed by atoms with Gasteiger partial charge in [-0.2, -0.15) is 4.31 Å². The van der Waals surface area contributed by atoms with Gasteiger partial charge in [0, 0.05) is 52.1 Å². The van der Waals surface area contributed by atoms with Crippen molar-refractivity contribution in [1.29, 1.82) is 0 Å². The van der Waals surface area contributed by atoms with Gasteiger partial charge in [-0.3, -0.25) is 9.59 Å². The first-order valence-corrected chi connectivity index (χ1v) is 11.0. The Morgan fingerprint density at radius 1 is 0.857 bits per heavy atom. The molecule has 0 spiro atoms. The summed E-state index contributed by atoms with van der Waals surface area (Å²) in [5.41, 5.74) is 1.00. The molecule has 2 aliphatic heterocycles. The van der Waals surface area contributed by atoms with Gasteiger partial charge in [-0.1, -0.05) is 17.7 Å². The molecule has 0 saturated carbocycles. The second kappa shape index (κ2) is 9.02. The number of rotatable bonds is 5. The number of amides is 2. The summed E-state index contributed by atoms with van der Waals surface area (Å²) in [7, 11) is -3.55. The molecule has 2 fully saturated rings. The number of sulfonamides is 1. The van der Waals surface area contributed by atoms with E-state index in [1.807, 2.05) is 6.92 Å². The Balaban J connectivity index is 1.48. The van der Waals surface area contributed by atoms with E-state index in [-0.39, 0.29) is 42.6 Å². The molecule has 0 N–H and O–H groups in total. The standard InChI is InChI=1S/C19H27N3O5S/c1-16-2-4-17(5-3-16)28(25,26)22-10-8-20(9-11-22)18(23)6-7-19(24)21-12-14-27-15-13-21/h2-5H,6-15H2,1H3. The number of carbonyl (C=O) groups excluding carboxylic acids is 2. The van der Waals surface area contributed by atoms with Crippen LogP contribution < -0.4 is 0 Å². The van der Waals surface area contributed by atoms with Gasteiger partial charge in [-0.15, -0.1) is 0 Å². The number of piperazine rings is 1. The van der Waals surface area contributed by atoms with E-state index in [0.717, 1.165) is 5.56 Å². The van der Waals surface area contributed by atoms with Crippen LogP contribution in [-0.4, -0.2) is 86.8 Å². The fourth-order valence-electron chi connectivity index (χ4n) is 3.38. The maximum Gasteiger partial charge on any atom is 0.243 e. The Morgan fingerprint density at radius 3 is 1.89 bits per heavy atom. The van der Waals surface area contributed by atoms with Crippen molar-refractivity contribution >= 4 is 21.8 Å². The third kappa shape index (κ3) is 4.89. The summed E-state index contributed by atoms with van der Waals surface area (Å²) < 4.78 is 32.1. The van der Waals surface area contributed by atoms with Crippen molar-refractivity contribution in [2.75, 3.05) is 52.5 Å². The van der Waals surface area contributed by atoms with Crippen molar-refractivity contribution < 1.29 is 22.7 Å².